The third kappa shape index (κ3) is 4.24. The van der Waals surface area contributed by atoms with E-state index in [0.29, 0.717) is 13.2 Å². The zero-order valence-electron chi connectivity index (χ0n) is 13.5. The molecule has 0 bridgehead atoms. The average molecular weight is 327 g/mol. The number of anilines is 1. The van der Waals surface area contributed by atoms with E-state index in [-0.39, 0.29) is 17.4 Å². The molecule has 1 fully saturated rings. The predicted molar refractivity (Wildman–Crippen MR) is 89.5 cm³/mol. The van der Waals surface area contributed by atoms with Gasteiger partial charge in [-0.3, -0.25) is 4.57 Å². The van der Waals surface area contributed by atoms with Crippen molar-refractivity contribution < 1.29 is 9.47 Å². The van der Waals surface area contributed by atoms with Crippen LogP contribution < -0.4 is 10.6 Å². The third-order valence-corrected chi connectivity index (χ3v) is 4.61. The Bertz CT molecular complexity index is 523. The molecule has 124 valence electrons. The number of aromatic nitrogens is 2. The van der Waals surface area contributed by atoms with E-state index in [0.717, 1.165) is 31.1 Å². The van der Waals surface area contributed by atoms with Crippen molar-refractivity contribution in [3.8, 4) is 0 Å². The fourth-order valence-corrected chi connectivity index (χ4v) is 3.41. The van der Waals surface area contributed by atoms with Crippen LogP contribution in [0.3, 0.4) is 0 Å². The minimum atomic E-state index is -0.259. The first-order valence-corrected chi connectivity index (χ1v) is 8.93. The monoisotopic (exact) mass is 327 g/mol. The number of hydrogen-bond acceptors (Lipinski definition) is 6. The molecule has 0 unspecified atom stereocenters. The molecule has 1 aliphatic heterocycles. The smallest absolute Gasteiger partial charge is 0.351 e. The van der Waals surface area contributed by atoms with Gasteiger partial charge in [-0.2, -0.15) is 4.98 Å². The summed E-state index contributed by atoms with van der Waals surface area (Å²) in [6.07, 6.45) is 2.56. The van der Waals surface area contributed by atoms with E-state index in [1.54, 1.807) is 22.5 Å². The summed E-state index contributed by atoms with van der Waals surface area (Å²) < 4.78 is 12.8. The summed E-state index contributed by atoms with van der Waals surface area (Å²) in [5.41, 5.74) is -0.265. The molecule has 1 saturated heterocycles. The number of thioether (sulfide) groups is 1. The van der Waals surface area contributed by atoms with Gasteiger partial charge in [-0.25, -0.2) is 4.79 Å². The van der Waals surface area contributed by atoms with Crippen molar-refractivity contribution in [2.45, 2.75) is 38.9 Å². The van der Waals surface area contributed by atoms with Gasteiger partial charge in [0.25, 0.3) is 0 Å². The lowest BCUT2D eigenvalue weighted by atomic mass is 10.4. The zero-order chi connectivity index (χ0) is 15.9. The summed E-state index contributed by atoms with van der Waals surface area (Å²) in [4.78, 5) is 18.6. The molecule has 0 aliphatic carbocycles. The standard InChI is InChI=1S/C15H25N3O3S/c1-4-8-17(5-2)12-7-9-18(15(19)16-12)13-11-22-14(21-13)10-20-6-3/h7,9,13-14H,4-6,8,10-11H2,1-3H3/t13-,14+/m1/s1. The minimum Gasteiger partial charge on any atom is -0.378 e. The van der Waals surface area contributed by atoms with Gasteiger partial charge in [-0.1, -0.05) is 6.92 Å². The molecule has 0 aromatic carbocycles. The fraction of sp³-hybridized carbons (Fsp3) is 0.733. The molecule has 22 heavy (non-hydrogen) atoms. The maximum absolute atomic E-state index is 12.3. The maximum Gasteiger partial charge on any atom is 0.351 e. The molecule has 1 aliphatic rings. The summed E-state index contributed by atoms with van der Waals surface area (Å²) in [6.45, 7) is 9.11. The molecule has 6 nitrogen and oxygen atoms in total. The summed E-state index contributed by atoms with van der Waals surface area (Å²) in [7, 11) is 0. The Morgan fingerprint density at radius 2 is 2.32 bits per heavy atom. The van der Waals surface area contributed by atoms with Gasteiger partial charge in [0.1, 0.15) is 17.5 Å². The van der Waals surface area contributed by atoms with Crippen LogP contribution in [0, 0.1) is 0 Å². The Balaban J connectivity index is 2.06. The Morgan fingerprint density at radius 1 is 1.50 bits per heavy atom. The van der Waals surface area contributed by atoms with Crippen molar-refractivity contribution in [3.05, 3.63) is 22.7 Å². The van der Waals surface area contributed by atoms with E-state index in [9.17, 15) is 4.79 Å². The SMILES string of the molecule is CCCN(CC)c1ccn([C@H]2CS[C@@H](COCC)O2)c(=O)n1. The molecule has 2 atom stereocenters. The van der Waals surface area contributed by atoms with Gasteiger partial charge in [-0.05, 0) is 26.3 Å². The first-order valence-electron chi connectivity index (χ1n) is 7.88. The number of ether oxygens (including phenoxy) is 2. The molecule has 2 rings (SSSR count). The molecular weight excluding hydrogens is 302 g/mol. The third-order valence-electron chi connectivity index (χ3n) is 3.52. The second-order valence-corrected chi connectivity index (χ2v) is 6.26. The number of rotatable bonds is 8. The van der Waals surface area contributed by atoms with E-state index < -0.39 is 0 Å². The predicted octanol–water partition coefficient (Wildman–Crippen LogP) is 2.10. The van der Waals surface area contributed by atoms with Gasteiger partial charge in [0.05, 0.1) is 6.61 Å². The lowest BCUT2D eigenvalue weighted by Crippen LogP contribution is -2.32. The lowest BCUT2D eigenvalue weighted by Gasteiger charge is -2.22. The minimum absolute atomic E-state index is 0.0104. The highest BCUT2D eigenvalue weighted by Gasteiger charge is 2.28. The Kier molecular flexibility index (Phi) is 6.72. The summed E-state index contributed by atoms with van der Waals surface area (Å²) >= 11 is 1.67. The second-order valence-electron chi connectivity index (χ2n) is 5.07. The zero-order valence-corrected chi connectivity index (χ0v) is 14.3. The van der Waals surface area contributed by atoms with Crippen LogP contribution >= 0.6 is 11.8 Å². The van der Waals surface area contributed by atoms with Gasteiger partial charge in [0.2, 0.25) is 0 Å². The summed E-state index contributed by atoms with van der Waals surface area (Å²) in [5.74, 6) is 1.48. The van der Waals surface area contributed by atoms with Gasteiger partial charge in [-0.15, -0.1) is 11.8 Å². The second kappa shape index (κ2) is 8.55. The quantitative estimate of drug-likeness (QED) is 0.729. The number of nitrogens with zero attached hydrogens (tertiary/aromatic N) is 3. The highest BCUT2D eigenvalue weighted by atomic mass is 32.2. The van der Waals surface area contributed by atoms with E-state index >= 15 is 0 Å². The molecule has 1 aromatic heterocycles. The topological polar surface area (TPSA) is 56.6 Å². The van der Waals surface area contributed by atoms with Crippen molar-refractivity contribution in [1.82, 2.24) is 9.55 Å². The molecular formula is C15H25N3O3S. The summed E-state index contributed by atoms with van der Waals surface area (Å²) in [5, 5.41) is 0. The van der Waals surface area contributed by atoms with Gasteiger partial charge in [0, 0.05) is 31.6 Å². The van der Waals surface area contributed by atoms with Crippen LogP contribution in [-0.4, -0.2) is 47.0 Å². The van der Waals surface area contributed by atoms with Crippen LogP contribution in [0.1, 0.15) is 33.4 Å². The van der Waals surface area contributed by atoms with Crippen molar-refractivity contribution in [3.63, 3.8) is 0 Å². The van der Waals surface area contributed by atoms with Crippen molar-refractivity contribution in [2.75, 3.05) is 37.0 Å². The van der Waals surface area contributed by atoms with Gasteiger partial charge >= 0.3 is 5.69 Å². The molecule has 0 radical (unpaired) electrons. The van der Waals surface area contributed by atoms with Crippen molar-refractivity contribution in [2.24, 2.45) is 0 Å². The summed E-state index contributed by atoms with van der Waals surface area (Å²) in [6, 6.07) is 1.89. The van der Waals surface area contributed by atoms with Crippen LogP contribution in [-0.2, 0) is 9.47 Å². The average Bonchev–Trinajstić information content (AvgIpc) is 2.99. The van der Waals surface area contributed by atoms with Crippen LogP contribution in [0.25, 0.3) is 0 Å². The van der Waals surface area contributed by atoms with Crippen molar-refractivity contribution >= 4 is 17.6 Å². The Hall–Kier alpha value is -1.05. The van der Waals surface area contributed by atoms with E-state index in [4.69, 9.17) is 9.47 Å². The molecule has 1 aromatic rings. The maximum atomic E-state index is 12.3. The van der Waals surface area contributed by atoms with E-state index in [1.807, 2.05) is 13.0 Å². The van der Waals surface area contributed by atoms with Crippen LogP contribution in [0.2, 0.25) is 0 Å². The van der Waals surface area contributed by atoms with Gasteiger partial charge < -0.3 is 14.4 Å². The Labute approximate surface area is 135 Å². The molecule has 0 saturated carbocycles. The van der Waals surface area contributed by atoms with Crippen LogP contribution in [0.5, 0.6) is 0 Å². The van der Waals surface area contributed by atoms with Crippen LogP contribution in [0.4, 0.5) is 5.82 Å². The first kappa shape index (κ1) is 17.3. The number of hydrogen-bond donors (Lipinski definition) is 0. The molecule has 7 heteroatoms. The molecule has 2 heterocycles. The first-order chi connectivity index (χ1) is 10.7. The molecule has 0 amide bonds. The largest absolute Gasteiger partial charge is 0.378 e. The normalized spacial score (nSPS) is 21.2. The van der Waals surface area contributed by atoms with E-state index in [2.05, 4.69) is 23.7 Å². The molecule has 0 spiro atoms. The highest BCUT2D eigenvalue weighted by molar-refractivity contribution is 8.00. The van der Waals surface area contributed by atoms with Crippen LogP contribution in [0.15, 0.2) is 17.1 Å². The van der Waals surface area contributed by atoms with Crippen molar-refractivity contribution in [1.29, 1.82) is 0 Å². The van der Waals surface area contributed by atoms with Gasteiger partial charge in [0.15, 0.2) is 0 Å². The fourth-order valence-electron chi connectivity index (χ4n) is 2.39. The highest BCUT2D eigenvalue weighted by Crippen LogP contribution is 2.31. The van der Waals surface area contributed by atoms with E-state index in [1.165, 1.54) is 0 Å². The lowest BCUT2D eigenvalue weighted by molar-refractivity contribution is -0.0226. The molecule has 0 N–H and O–H groups in total. The Morgan fingerprint density at radius 3 is 2.95 bits per heavy atom.